The fraction of sp³-hybridized carbons (Fsp3) is 0.727. The molecular formula is C11H19N3O2S2. The first-order chi connectivity index (χ1) is 8.61. The molecular weight excluding hydrogens is 270 g/mol. The molecule has 1 fully saturated rings. The van der Waals surface area contributed by atoms with E-state index in [1.807, 2.05) is 6.20 Å². The van der Waals surface area contributed by atoms with Gasteiger partial charge in [0.15, 0.2) is 15.0 Å². The lowest BCUT2D eigenvalue weighted by atomic mass is 10.4. The van der Waals surface area contributed by atoms with Crippen molar-refractivity contribution < 1.29 is 8.42 Å². The molecule has 18 heavy (non-hydrogen) atoms. The third-order valence-electron chi connectivity index (χ3n) is 2.88. The number of anilines is 1. The Bertz CT molecular complexity index is 470. The summed E-state index contributed by atoms with van der Waals surface area (Å²) in [6.45, 7) is 5.13. The number of hydrogen-bond donors (Lipinski definition) is 1. The van der Waals surface area contributed by atoms with Gasteiger partial charge >= 0.3 is 0 Å². The number of aromatic nitrogens is 1. The van der Waals surface area contributed by atoms with E-state index in [4.69, 9.17) is 0 Å². The Balaban J connectivity index is 1.90. The Hall–Kier alpha value is -0.660. The minimum absolute atomic E-state index is 0.246. The number of nitrogens with zero attached hydrogens (tertiary/aromatic N) is 2. The van der Waals surface area contributed by atoms with E-state index in [1.165, 1.54) is 4.88 Å². The van der Waals surface area contributed by atoms with Gasteiger partial charge in [-0.05, 0) is 13.0 Å². The molecule has 0 aromatic carbocycles. The van der Waals surface area contributed by atoms with E-state index in [0.717, 1.165) is 24.6 Å². The molecule has 0 unspecified atom stereocenters. The topological polar surface area (TPSA) is 62.3 Å². The fourth-order valence-corrected chi connectivity index (χ4v) is 3.95. The molecule has 1 saturated heterocycles. The minimum Gasteiger partial charge on any atom is -0.346 e. The summed E-state index contributed by atoms with van der Waals surface area (Å²) in [6.07, 6.45) is 3.00. The van der Waals surface area contributed by atoms with Crippen molar-refractivity contribution in [2.45, 2.75) is 19.9 Å². The zero-order valence-corrected chi connectivity index (χ0v) is 12.2. The van der Waals surface area contributed by atoms with Gasteiger partial charge in [-0.1, -0.05) is 6.92 Å². The molecule has 7 heteroatoms. The summed E-state index contributed by atoms with van der Waals surface area (Å²) in [5.41, 5.74) is 0. The predicted molar refractivity (Wildman–Crippen MR) is 75.0 cm³/mol. The van der Waals surface area contributed by atoms with Gasteiger partial charge in [-0.2, -0.15) is 0 Å². The molecule has 2 rings (SSSR count). The zero-order chi connectivity index (χ0) is 13.0. The molecule has 1 aromatic heterocycles. The van der Waals surface area contributed by atoms with E-state index in [2.05, 4.69) is 22.1 Å². The van der Waals surface area contributed by atoms with Crippen LogP contribution in [0, 0.1) is 0 Å². The van der Waals surface area contributed by atoms with Crippen molar-refractivity contribution in [3.05, 3.63) is 11.1 Å². The smallest absolute Gasteiger partial charge is 0.185 e. The second-order valence-corrected chi connectivity index (χ2v) is 7.82. The van der Waals surface area contributed by atoms with Crippen LogP contribution in [0.2, 0.25) is 0 Å². The Labute approximate surface area is 112 Å². The van der Waals surface area contributed by atoms with Gasteiger partial charge in [0.1, 0.15) is 0 Å². The molecule has 102 valence electrons. The van der Waals surface area contributed by atoms with E-state index in [0.29, 0.717) is 13.1 Å². The van der Waals surface area contributed by atoms with E-state index in [1.54, 1.807) is 11.3 Å². The fourth-order valence-electron chi connectivity index (χ4n) is 1.82. The first-order valence-electron chi connectivity index (χ1n) is 6.21. The Morgan fingerprint density at radius 3 is 2.83 bits per heavy atom. The van der Waals surface area contributed by atoms with Crippen LogP contribution in [0.3, 0.4) is 0 Å². The van der Waals surface area contributed by atoms with Crippen LogP contribution >= 0.6 is 11.3 Å². The summed E-state index contributed by atoms with van der Waals surface area (Å²) in [7, 11) is -2.81. The first kappa shape index (κ1) is 13.8. The second kappa shape index (κ2) is 5.99. The third kappa shape index (κ3) is 3.66. The van der Waals surface area contributed by atoms with Gasteiger partial charge in [0.25, 0.3) is 0 Å². The number of thiazole rings is 1. The normalized spacial score (nSPS) is 19.1. The van der Waals surface area contributed by atoms with Crippen molar-refractivity contribution in [1.82, 2.24) is 10.3 Å². The molecule has 1 aliphatic rings. The quantitative estimate of drug-likeness (QED) is 0.815. The highest BCUT2D eigenvalue weighted by Gasteiger charge is 2.23. The maximum atomic E-state index is 11.4. The highest BCUT2D eigenvalue weighted by Crippen LogP contribution is 2.23. The molecule has 0 amide bonds. The van der Waals surface area contributed by atoms with E-state index in [-0.39, 0.29) is 11.5 Å². The molecule has 1 aliphatic heterocycles. The number of rotatable bonds is 5. The molecule has 2 heterocycles. The number of hydrogen-bond acceptors (Lipinski definition) is 6. The average Bonchev–Trinajstić information content (AvgIpc) is 2.78. The number of sulfone groups is 1. The minimum atomic E-state index is -2.81. The van der Waals surface area contributed by atoms with Crippen molar-refractivity contribution >= 4 is 26.3 Å². The maximum Gasteiger partial charge on any atom is 0.185 e. The van der Waals surface area contributed by atoms with Gasteiger partial charge in [-0.25, -0.2) is 13.4 Å². The van der Waals surface area contributed by atoms with Gasteiger partial charge < -0.3 is 10.2 Å². The molecule has 0 saturated carbocycles. The van der Waals surface area contributed by atoms with Gasteiger partial charge in [0.05, 0.1) is 11.5 Å². The number of nitrogens with one attached hydrogen (secondary N) is 1. The summed E-state index contributed by atoms with van der Waals surface area (Å²) in [5, 5.41) is 4.28. The van der Waals surface area contributed by atoms with Gasteiger partial charge in [-0.15, -0.1) is 11.3 Å². The molecule has 0 bridgehead atoms. The summed E-state index contributed by atoms with van der Waals surface area (Å²) in [4.78, 5) is 7.64. The Kier molecular flexibility index (Phi) is 4.58. The highest BCUT2D eigenvalue weighted by molar-refractivity contribution is 7.91. The van der Waals surface area contributed by atoms with Crippen molar-refractivity contribution in [2.24, 2.45) is 0 Å². The lowest BCUT2D eigenvalue weighted by Gasteiger charge is -2.25. The Morgan fingerprint density at radius 1 is 1.44 bits per heavy atom. The van der Waals surface area contributed by atoms with E-state index in [9.17, 15) is 8.42 Å². The summed E-state index contributed by atoms with van der Waals surface area (Å²) in [6, 6.07) is 0. The van der Waals surface area contributed by atoms with Gasteiger partial charge in [0.2, 0.25) is 0 Å². The molecule has 5 nitrogen and oxygen atoms in total. The van der Waals surface area contributed by atoms with Crippen LogP contribution in [-0.2, 0) is 16.4 Å². The van der Waals surface area contributed by atoms with Crippen LogP contribution in [0.15, 0.2) is 6.20 Å². The summed E-state index contributed by atoms with van der Waals surface area (Å²) >= 11 is 1.65. The van der Waals surface area contributed by atoms with E-state index >= 15 is 0 Å². The van der Waals surface area contributed by atoms with Crippen LogP contribution in [0.5, 0.6) is 0 Å². The summed E-state index contributed by atoms with van der Waals surface area (Å²) < 4.78 is 22.7. The molecule has 0 aliphatic carbocycles. The standard InChI is InChI=1S/C11H19N3O2S2/c1-2-3-12-8-10-9-13-11(17-10)14-4-6-18(15,16)7-5-14/h9,12H,2-8H2,1H3. The largest absolute Gasteiger partial charge is 0.346 e. The highest BCUT2D eigenvalue weighted by atomic mass is 32.2. The van der Waals surface area contributed by atoms with Gasteiger partial charge in [-0.3, -0.25) is 0 Å². The molecule has 1 N–H and O–H groups in total. The monoisotopic (exact) mass is 289 g/mol. The van der Waals surface area contributed by atoms with Crippen molar-refractivity contribution in [3.63, 3.8) is 0 Å². The van der Waals surface area contributed by atoms with Crippen molar-refractivity contribution in [1.29, 1.82) is 0 Å². The van der Waals surface area contributed by atoms with Crippen LogP contribution in [0.1, 0.15) is 18.2 Å². The van der Waals surface area contributed by atoms with Gasteiger partial charge in [0, 0.05) is 30.7 Å². The lowest BCUT2D eigenvalue weighted by Crippen LogP contribution is -2.40. The first-order valence-corrected chi connectivity index (χ1v) is 8.85. The SMILES string of the molecule is CCCNCc1cnc(N2CCS(=O)(=O)CC2)s1. The van der Waals surface area contributed by atoms with Crippen LogP contribution < -0.4 is 10.2 Å². The lowest BCUT2D eigenvalue weighted by molar-refractivity contribution is 0.586. The second-order valence-electron chi connectivity index (χ2n) is 4.42. The van der Waals surface area contributed by atoms with E-state index < -0.39 is 9.84 Å². The molecule has 0 spiro atoms. The zero-order valence-electron chi connectivity index (χ0n) is 10.6. The summed E-state index contributed by atoms with van der Waals surface area (Å²) in [5.74, 6) is 0.492. The molecule has 1 aromatic rings. The molecule has 0 radical (unpaired) electrons. The van der Waals surface area contributed by atoms with Crippen LogP contribution in [-0.4, -0.2) is 44.5 Å². The van der Waals surface area contributed by atoms with Crippen LogP contribution in [0.25, 0.3) is 0 Å². The van der Waals surface area contributed by atoms with Crippen molar-refractivity contribution in [3.8, 4) is 0 Å². The molecule has 0 atom stereocenters. The Morgan fingerprint density at radius 2 is 2.17 bits per heavy atom. The van der Waals surface area contributed by atoms with Crippen molar-refractivity contribution in [2.75, 3.05) is 36.0 Å². The van der Waals surface area contributed by atoms with Crippen LogP contribution in [0.4, 0.5) is 5.13 Å². The maximum absolute atomic E-state index is 11.4. The third-order valence-corrected chi connectivity index (χ3v) is 5.55. The average molecular weight is 289 g/mol. The predicted octanol–water partition coefficient (Wildman–Crippen LogP) is 0.877.